The third-order valence-electron chi connectivity index (χ3n) is 4.93. The molecule has 2 aromatic heterocycles. The van der Waals surface area contributed by atoms with Gasteiger partial charge in [0.1, 0.15) is 23.2 Å². The molecule has 0 bridgehead atoms. The number of piperidine rings is 1. The molecule has 10 heteroatoms. The molecule has 9 nitrogen and oxygen atoms in total. The molecule has 3 heterocycles. The fraction of sp³-hybridized carbons (Fsp3) is 0.227. The van der Waals surface area contributed by atoms with Gasteiger partial charge in [0.05, 0.1) is 5.56 Å². The van der Waals surface area contributed by atoms with Gasteiger partial charge in [-0.2, -0.15) is 5.26 Å². The van der Waals surface area contributed by atoms with Crippen LogP contribution in [0.2, 0.25) is 0 Å². The van der Waals surface area contributed by atoms with Crippen LogP contribution in [0.3, 0.4) is 0 Å². The molecule has 1 saturated heterocycles. The molecule has 0 unspecified atom stereocenters. The zero-order chi connectivity index (χ0) is 22.5. The van der Waals surface area contributed by atoms with Gasteiger partial charge < -0.3 is 14.4 Å². The topological polar surface area (TPSA) is 132 Å². The average Bonchev–Trinajstić information content (AvgIpc) is 3.48. The Hall–Kier alpha value is -3.97. The highest BCUT2D eigenvalue weighted by molar-refractivity contribution is 7.19. The minimum atomic E-state index is -1.04. The van der Waals surface area contributed by atoms with Crippen molar-refractivity contribution in [2.24, 2.45) is 0 Å². The van der Waals surface area contributed by atoms with E-state index >= 15 is 0 Å². The molecule has 32 heavy (non-hydrogen) atoms. The van der Waals surface area contributed by atoms with Crippen LogP contribution in [-0.4, -0.2) is 40.3 Å². The number of carbonyl (C=O) groups is 2. The predicted molar refractivity (Wildman–Crippen MR) is 119 cm³/mol. The summed E-state index contributed by atoms with van der Waals surface area (Å²) in [7, 11) is 0. The number of carboxylic acids is 1. The van der Waals surface area contributed by atoms with Crippen molar-refractivity contribution in [3.05, 3.63) is 53.3 Å². The summed E-state index contributed by atoms with van der Waals surface area (Å²) in [5.41, 5.74) is 0.556. The number of rotatable bonds is 6. The van der Waals surface area contributed by atoms with Gasteiger partial charge in [-0.3, -0.25) is 10.1 Å². The number of aromatic nitrogens is 2. The molecule has 1 aromatic carbocycles. The van der Waals surface area contributed by atoms with Gasteiger partial charge >= 0.3 is 5.97 Å². The number of benzene rings is 1. The maximum atomic E-state index is 12.5. The van der Waals surface area contributed by atoms with Gasteiger partial charge in [0.15, 0.2) is 0 Å². The van der Waals surface area contributed by atoms with E-state index in [4.69, 9.17) is 9.52 Å². The van der Waals surface area contributed by atoms with E-state index in [1.807, 2.05) is 6.07 Å². The summed E-state index contributed by atoms with van der Waals surface area (Å²) < 4.78 is 5.69. The van der Waals surface area contributed by atoms with Crippen LogP contribution >= 0.6 is 11.3 Å². The number of hydrogen-bond acceptors (Lipinski definition) is 8. The molecule has 4 rings (SSSR count). The Morgan fingerprint density at radius 2 is 2.00 bits per heavy atom. The molecule has 1 fully saturated rings. The van der Waals surface area contributed by atoms with Gasteiger partial charge in [-0.05, 0) is 43.5 Å². The van der Waals surface area contributed by atoms with E-state index in [0.717, 1.165) is 31.1 Å². The van der Waals surface area contributed by atoms with E-state index < -0.39 is 11.9 Å². The molecule has 2 N–H and O–H groups in total. The van der Waals surface area contributed by atoms with Crippen molar-refractivity contribution in [2.45, 2.75) is 19.3 Å². The molecular weight excluding hydrogens is 430 g/mol. The van der Waals surface area contributed by atoms with E-state index in [1.54, 1.807) is 24.3 Å². The van der Waals surface area contributed by atoms with E-state index in [1.165, 1.54) is 36.0 Å². The monoisotopic (exact) mass is 449 g/mol. The van der Waals surface area contributed by atoms with Crippen LogP contribution in [0.1, 0.15) is 35.4 Å². The van der Waals surface area contributed by atoms with Crippen molar-refractivity contribution in [2.75, 3.05) is 23.3 Å². The van der Waals surface area contributed by atoms with Gasteiger partial charge in [0.25, 0.3) is 5.91 Å². The summed E-state index contributed by atoms with van der Waals surface area (Å²) in [6.45, 7) is 1.84. The maximum absolute atomic E-state index is 12.5. The van der Waals surface area contributed by atoms with Gasteiger partial charge in [-0.15, -0.1) is 10.2 Å². The highest BCUT2D eigenvalue weighted by Crippen LogP contribution is 2.27. The molecule has 0 atom stereocenters. The standard InChI is InChI=1S/C22H19N5O4S/c23-13-16(19(28)24-21-25-26-22(32-21)27-9-2-1-3-10-27)12-17-7-8-18(31-17)14-5-4-6-15(11-14)20(29)30/h4-8,11-12H,1-3,9-10H2,(H,29,30)(H,24,25,28)/b16-12-. The van der Waals surface area contributed by atoms with Gasteiger partial charge in [-0.1, -0.05) is 23.5 Å². The number of carbonyl (C=O) groups excluding carboxylic acids is 1. The van der Waals surface area contributed by atoms with E-state index in [9.17, 15) is 14.9 Å². The number of furan rings is 1. The Morgan fingerprint density at radius 3 is 2.75 bits per heavy atom. The number of anilines is 2. The van der Waals surface area contributed by atoms with Crippen LogP contribution in [0.4, 0.5) is 10.3 Å². The summed E-state index contributed by atoms with van der Waals surface area (Å²) in [4.78, 5) is 25.8. The van der Waals surface area contributed by atoms with Crippen molar-refractivity contribution >= 4 is 39.6 Å². The molecule has 1 aliphatic rings. The average molecular weight is 449 g/mol. The van der Waals surface area contributed by atoms with Gasteiger partial charge in [0.2, 0.25) is 10.3 Å². The minimum Gasteiger partial charge on any atom is -0.478 e. The largest absolute Gasteiger partial charge is 0.478 e. The van der Waals surface area contributed by atoms with Crippen LogP contribution in [0.5, 0.6) is 0 Å². The van der Waals surface area contributed by atoms with Crippen molar-refractivity contribution < 1.29 is 19.1 Å². The molecule has 0 radical (unpaired) electrons. The first-order valence-corrected chi connectivity index (χ1v) is 10.8. The smallest absolute Gasteiger partial charge is 0.335 e. The fourth-order valence-electron chi connectivity index (χ4n) is 3.33. The molecule has 1 aliphatic heterocycles. The van der Waals surface area contributed by atoms with Crippen molar-refractivity contribution in [3.8, 4) is 17.4 Å². The second kappa shape index (κ2) is 9.45. The minimum absolute atomic E-state index is 0.133. The Labute approximate surface area is 187 Å². The van der Waals surface area contributed by atoms with Crippen molar-refractivity contribution in [1.82, 2.24) is 10.2 Å². The number of hydrogen-bond donors (Lipinski definition) is 2. The number of aromatic carboxylic acids is 1. The number of carboxylic acid groups (broad SMARTS) is 1. The summed E-state index contributed by atoms with van der Waals surface area (Å²) in [5, 5.41) is 30.4. The Kier molecular flexibility index (Phi) is 6.28. The van der Waals surface area contributed by atoms with Crippen LogP contribution < -0.4 is 10.2 Å². The molecule has 0 aliphatic carbocycles. The molecule has 0 spiro atoms. The summed E-state index contributed by atoms with van der Waals surface area (Å²) in [6.07, 6.45) is 4.74. The quantitative estimate of drug-likeness (QED) is 0.426. The highest BCUT2D eigenvalue weighted by Gasteiger charge is 2.18. The van der Waals surface area contributed by atoms with E-state index in [0.29, 0.717) is 22.2 Å². The highest BCUT2D eigenvalue weighted by atomic mass is 32.1. The molecule has 3 aromatic rings. The van der Waals surface area contributed by atoms with Crippen LogP contribution in [-0.2, 0) is 4.79 Å². The molecule has 162 valence electrons. The summed E-state index contributed by atoms with van der Waals surface area (Å²) in [6, 6.07) is 11.4. The zero-order valence-corrected chi connectivity index (χ0v) is 17.8. The molecule has 1 amide bonds. The lowest BCUT2D eigenvalue weighted by Crippen LogP contribution is -2.29. The number of nitrogens with one attached hydrogen (secondary N) is 1. The second-order valence-electron chi connectivity index (χ2n) is 7.15. The van der Waals surface area contributed by atoms with Crippen LogP contribution in [0, 0.1) is 11.3 Å². The Morgan fingerprint density at radius 1 is 1.19 bits per heavy atom. The van der Waals surface area contributed by atoms with Gasteiger partial charge in [0, 0.05) is 24.7 Å². The summed E-state index contributed by atoms with van der Waals surface area (Å²) in [5.74, 6) is -0.937. The predicted octanol–water partition coefficient (Wildman–Crippen LogP) is 4.03. The lowest BCUT2D eigenvalue weighted by molar-refractivity contribution is -0.112. The molecular formula is C22H19N5O4S. The fourth-order valence-corrected chi connectivity index (χ4v) is 4.12. The third-order valence-corrected chi connectivity index (χ3v) is 5.83. The zero-order valence-electron chi connectivity index (χ0n) is 16.9. The Balaban J connectivity index is 1.47. The van der Waals surface area contributed by atoms with Gasteiger partial charge in [-0.25, -0.2) is 4.79 Å². The number of nitrogens with zero attached hydrogens (tertiary/aromatic N) is 4. The summed E-state index contributed by atoms with van der Waals surface area (Å²) >= 11 is 1.27. The van der Waals surface area contributed by atoms with E-state index in [2.05, 4.69) is 20.4 Å². The first-order valence-electron chi connectivity index (χ1n) is 9.98. The second-order valence-corrected chi connectivity index (χ2v) is 8.11. The van der Waals surface area contributed by atoms with E-state index in [-0.39, 0.29) is 11.1 Å². The normalized spacial score (nSPS) is 14.1. The first kappa shape index (κ1) is 21.3. The first-order chi connectivity index (χ1) is 15.5. The third kappa shape index (κ3) is 4.84. The lowest BCUT2D eigenvalue weighted by atomic mass is 10.1. The maximum Gasteiger partial charge on any atom is 0.335 e. The lowest BCUT2D eigenvalue weighted by Gasteiger charge is -2.25. The van der Waals surface area contributed by atoms with Crippen molar-refractivity contribution in [3.63, 3.8) is 0 Å². The molecule has 0 saturated carbocycles. The SMILES string of the molecule is N#C/C(=C/c1ccc(-c2cccc(C(=O)O)c2)o1)C(=O)Nc1nnc(N2CCCCC2)s1. The van der Waals surface area contributed by atoms with Crippen LogP contribution in [0.15, 0.2) is 46.4 Å². The Bertz CT molecular complexity index is 1220. The van der Waals surface area contributed by atoms with Crippen molar-refractivity contribution in [1.29, 1.82) is 5.26 Å². The van der Waals surface area contributed by atoms with Crippen LogP contribution in [0.25, 0.3) is 17.4 Å². The number of nitriles is 1. The number of amides is 1.